The van der Waals surface area contributed by atoms with Crippen LogP contribution in [0, 0.1) is 0 Å². The molecule has 0 radical (unpaired) electrons. The van der Waals surface area contributed by atoms with Crippen LogP contribution < -0.4 is 14.9 Å². The summed E-state index contributed by atoms with van der Waals surface area (Å²) >= 11 is 0. The topological polar surface area (TPSA) is 98.9 Å². The number of hydrogen-bond acceptors (Lipinski definition) is 7. The van der Waals surface area contributed by atoms with Gasteiger partial charge in [0, 0.05) is 29.9 Å². The van der Waals surface area contributed by atoms with E-state index in [1.807, 2.05) is 0 Å². The molecule has 4 aromatic rings. The van der Waals surface area contributed by atoms with E-state index in [1.54, 1.807) is 55.9 Å². The third kappa shape index (κ3) is 3.11. The molecule has 7 heteroatoms. The van der Waals surface area contributed by atoms with Crippen LogP contribution in [0.1, 0.15) is 23.5 Å². The molecule has 31 heavy (non-hydrogen) atoms. The van der Waals surface area contributed by atoms with Crippen LogP contribution in [0.4, 0.5) is 0 Å². The van der Waals surface area contributed by atoms with Gasteiger partial charge in [-0.2, -0.15) is 0 Å². The number of rotatable bonds is 3. The normalized spacial score (nSPS) is 15.4. The Hall–Kier alpha value is -4.13. The molecule has 0 amide bonds. The van der Waals surface area contributed by atoms with E-state index in [0.717, 1.165) is 5.56 Å². The van der Waals surface area contributed by atoms with E-state index in [9.17, 15) is 14.7 Å². The number of carbonyl (C=O) groups is 1. The number of pyridine rings is 1. The van der Waals surface area contributed by atoms with Crippen LogP contribution in [0.25, 0.3) is 22.1 Å². The summed E-state index contributed by atoms with van der Waals surface area (Å²) in [7, 11) is 1.56. The predicted octanol–water partition coefficient (Wildman–Crippen LogP) is 4.01. The van der Waals surface area contributed by atoms with Gasteiger partial charge in [0.25, 0.3) is 0 Å². The minimum atomic E-state index is -0.426. The molecule has 1 N–H and O–H groups in total. The number of fused-ring (bicyclic) bond motifs is 3. The monoisotopic (exact) mass is 415 g/mol. The SMILES string of the molecule is COc1ccc(-c2coc3c4c(cc(O)c3c2=O)OC(=O)C[C@@H]4c2ccncc2)cc1. The Labute approximate surface area is 176 Å². The average Bonchev–Trinajstić information content (AvgIpc) is 2.79. The lowest BCUT2D eigenvalue weighted by molar-refractivity contribution is -0.135. The van der Waals surface area contributed by atoms with Gasteiger partial charge in [0.05, 0.1) is 19.1 Å². The Morgan fingerprint density at radius 1 is 1.10 bits per heavy atom. The summed E-state index contributed by atoms with van der Waals surface area (Å²) in [5.74, 6) is -0.278. The van der Waals surface area contributed by atoms with Crippen LogP contribution >= 0.6 is 0 Å². The molecule has 3 heterocycles. The van der Waals surface area contributed by atoms with E-state index in [2.05, 4.69) is 4.98 Å². The van der Waals surface area contributed by atoms with Crippen LogP contribution in [-0.4, -0.2) is 23.2 Å². The summed E-state index contributed by atoms with van der Waals surface area (Å²) < 4.78 is 16.4. The fourth-order valence-corrected chi connectivity index (χ4v) is 3.98. The molecule has 0 bridgehead atoms. The van der Waals surface area contributed by atoms with Crippen molar-refractivity contribution in [2.75, 3.05) is 7.11 Å². The second-order valence-electron chi connectivity index (χ2n) is 7.23. The molecule has 0 saturated heterocycles. The molecule has 0 saturated carbocycles. The number of phenolic OH excluding ortho intramolecular Hbond substituents is 1. The maximum absolute atomic E-state index is 13.3. The number of aromatic hydroxyl groups is 1. The number of aromatic nitrogens is 1. The summed E-state index contributed by atoms with van der Waals surface area (Å²) in [6, 6.07) is 11.9. The first kappa shape index (κ1) is 18.9. The summed E-state index contributed by atoms with van der Waals surface area (Å²) in [5, 5.41) is 10.7. The molecule has 0 aliphatic carbocycles. The molecule has 2 aromatic heterocycles. The van der Waals surface area contributed by atoms with Gasteiger partial charge in [-0.3, -0.25) is 14.6 Å². The number of carbonyl (C=O) groups excluding carboxylic acids is 1. The third-order valence-corrected chi connectivity index (χ3v) is 5.48. The highest BCUT2D eigenvalue weighted by atomic mass is 16.5. The quantitative estimate of drug-likeness (QED) is 0.399. The van der Waals surface area contributed by atoms with Gasteiger partial charge in [0.1, 0.15) is 34.5 Å². The highest BCUT2D eigenvalue weighted by Gasteiger charge is 2.33. The molecule has 0 fully saturated rings. The first-order valence-corrected chi connectivity index (χ1v) is 9.63. The first-order chi connectivity index (χ1) is 15.1. The highest BCUT2D eigenvalue weighted by Crippen LogP contribution is 2.45. The molecule has 5 rings (SSSR count). The zero-order valence-electron chi connectivity index (χ0n) is 16.5. The van der Waals surface area contributed by atoms with E-state index in [4.69, 9.17) is 13.9 Å². The van der Waals surface area contributed by atoms with Crippen molar-refractivity contribution in [3.63, 3.8) is 0 Å². The number of hydrogen-bond donors (Lipinski definition) is 1. The van der Waals surface area contributed by atoms with Crippen LogP contribution in [-0.2, 0) is 4.79 Å². The number of esters is 1. The summed E-state index contributed by atoms with van der Waals surface area (Å²) in [6.07, 6.45) is 4.72. The minimum Gasteiger partial charge on any atom is -0.507 e. The Balaban J connectivity index is 1.75. The molecule has 2 aromatic carbocycles. The maximum Gasteiger partial charge on any atom is 0.312 e. The van der Waals surface area contributed by atoms with Crippen molar-refractivity contribution in [2.45, 2.75) is 12.3 Å². The van der Waals surface area contributed by atoms with Crippen molar-refractivity contribution in [3.05, 3.63) is 82.5 Å². The number of nitrogens with zero attached hydrogens (tertiary/aromatic N) is 1. The van der Waals surface area contributed by atoms with Crippen molar-refractivity contribution in [1.82, 2.24) is 4.98 Å². The van der Waals surface area contributed by atoms with Gasteiger partial charge in [-0.25, -0.2) is 0 Å². The van der Waals surface area contributed by atoms with E-state index in [1.165, 1.54) is 12.3 Å². The van der Waals surface area contributed by atoms with Crippen LogP contribution in [0.2, 0.25) is 0 Å². The fraction of sp³-hybridized carbons (Fsp3) is 0.125. The van der Waals surface area contributed by atoms with E-state index in [0.29, 0.717) is 22.4 Å². The summed E-state index contributed by atoms with van der Waals surface area (Å²) in [6.45, 7) is 0. The fourth-order valence-electron chi connectivity index (χ4n) is 3.98. The molecule has 1 aliphatic heterocycles. The second kappa shape index (κ2) is 7.28. The number of phenols is 1. The van der Waals surface area contributed by atoms with Crippen molar-refractivity contribution < 1.29 is 23.8 Å². The van der Waals surface area contributed by atoms with Crippen molar-refractivity contribution in [1.29, 1.82) is 0 Å². The van der Waals surface area contributed by atoms with E-state index >= 15 is 0 Å². The average molecular weight is 415 g/mol. The zero-order chi connectivity index (χ0) is 21.5. The Morgan fingerprint density at radius 2 is 1.84 bits per heavy atom. The first-order valence-electron chi connectivity index (χ1n) is 9.63. The Morgan fingerprint density at radius 3 is 2.55 bits per heavy atom. The van der Waals surface area contributed by atoms with Crippen LogP contribution in [0.3, 0.4) is 0 Å². The Kier molecular flexibility index (Phi) is 4.43. The maximum atomic E-state index is 13.3. The predicted molar refractivity (Wildman–Crippen MR) is 112 cm³/mol. The van der Waals surface area contributed by atoms with Crippen molar-refractivity contribution in [2.24, 2.45) is 0 Å². The molecule has 1 atom stereocenters. The molecule has 1 aliphatic rings. The Bertz CT molecular complexity index is 1360. The second-order valence-corrected chi connectivity index (χ2v) is 7.23. The lowest BCUT2D eigenvalue weighted by Crippen LogP contribution is -2.22. The van der Waals surface area contributed by atoms with Gasteiger partial charge in [0.15, 0.2) is 0 Å². The standard InChI is InChI=1S/C24H17NO6/c1-29-15-4-2-13(3-5-15)17-12-30-24-21-16(14-6-8-25-9-7-14)10-20(27)31-19(21)11-18(26)22(24)23(17)28/h2-9,11-12,16,26H,10H2,1H3/t16-/m1/s1. The molecular weight excluding hydrogens is 398 g/mol. The van der Waals surface area contributed by atoms with E-state index < -0.39 is 11.9 Å². The molecule has 0 unspecified atom stereocenters. The van der Waals surface area contributed by atoms with E-state index in [-0.39, 0.29) is 34.3 Å². The summed E-state index contributed by atoms with van der Waals surface area (Å²) in [5.41, 5.74) is 2.15. The number of methoxy groups -OCH3 is 1. The molecular formula is C24H17NO6. The highest BCUT2D eigenvalue weighted by molar-refractivity contribution is 5.94. The number of ether oxygens (including phenoxy) is 2. The van der Waals surface area contributed by atoms with Gasteiger partial charge in [-0.05, 0) is 35.4 Å². The third-order valence-electron chi connectivity index (χ3n) is 5.48. The van der Waals surface area contributed by atoms with Crippen molar-refractivity contribution >= 4 is 16.9 Å². The van der Waals surface area contributed by atoms with Gasteiger partial charge >= 0.3 is 5.97 Å². The largest absolute Gasteiger partial charge is 0.507 e. The number of benzene rings is 2. The molecule has 0 spiro atoms. The van der Waals surface area contributed by atoms with Gasteiger partial charge in [0.2, 0.25) is 5.43 Å². The van der Waals surface area contributed by atoms with Gasteiger partial charge < -0.3 is 19.0 Å². The lowest BCUT2D eigenvalue weighted by atomic mass is 9.85. The van der Waals surface area contributed by atoms with Crippen molar-refractivity contribution in [3.8, 4) is 28.4 Å². The van der Waals surface area contributed by atoms with Crippen LogP contribution in [0.5, 0.6) is 17.2 Å². The van der Waals surface area contributed by atoms with Gasteiger partial charge in [-0.15, -0.1) is 0 Å². The smallest absolute Gasteiger partial charge is 0.312 e. The zero-order valence-corrected chi connectivity index (χ0v) is 16.5. The van der Waals surface area contributed by atoms with Gasteiger partial charge in [-0.1, -0.05) is 12.1 Å². The molecule has 7 nitrogen and oxygen atoms in total. The molecule has 154 valence electrons. The summed E-state index contributed by atoms with van der Waals surface area (Å²) in [4.78, 5) is 29.5. The minimum absolute atomic E-state index is 0.0454. The lowest BCUT2D eigenvalue weighted by Gasteiger charge is -2.25. The van der Waals surface area contributed by atoms with Crippen LogP contribution in [0.15, 0.2) is 70.3 Å².